The Balaban J connectivity index is 1.27. The van der Waals surface area contributed by atoms with Crippen LogP contribution in [0.15, 0.2) is 102 Å². The molecule has 3 unspecified atom stereocenters. The average Bonchev–Trinajstić information content (AvgIpc) is 2.90. The Morgan fingerprint density at radius 2 is 1.82 bits per heavy atom. The van der Waals surface area contributed by atoms with Crippen LogP contribution in [-0.2, 0) is 9.53 Å². The highest BCUT2D eigenvalue weighted by Crippen LogP contribution is 2.33. The molecular weight excluding hydrogens is 422 g/mol. The van der Waals surface area contributed by atoms with Gasteiger partial charge in [0, 0.05) is 43.2 Å². The first-order chi connectivity index (χ1) is 16.7. The molecule has 1 fully saturated rings. The zero-order valence-electron chi connectivity index (χ0n) is 19.4. The minimum absolute atomic E-state index is 0.0504. The number of benzene rings is 1. The number of aromatic nitrogens is 1. The number of dihydropyridines is 1. The van der Waals surface area contributed by atoms with Crippen LogP contribution in [0.4, 0.5) is 0 Å². The normalized spacial score (nSPS) is 22.2. The zero-order chi connectivity index (χ0) is 23.3. The Morgan fingerprint density at radius 3 is 2.59 bits per heavy atom. The van der Waals surface area contributed by atoms with Gasteiger partial charge in [0.2, 0.25) is 0 Å². The summed E-state index contributed by atoms with van der Waals surface area (Å²) in [5.41, 5.74) is 5.90. The van der Waals surface area contributed by atoms with Crippen LogP contribution in [0.3, 0.4) is 0 Å². The summed E-state index contributed by atoms with van der Waals surface area (Å²) < 4.78 is 6.22. The second-order valence-electron chi connectivity index (χ2n) is 8.82. The third-order valence-electron chi connectivity index (χ3n) is 6.65. The van der Waals surface area contributed by atoms with Crippen molar-refractivity contribution in [1.29, 1.82) is 0 Å². The quantitative estimate of drug-likeness (QED) is 0.644. The number of amides is 1. The highest BCUT2D eigenvalue weighted by Gasteiger charge is 2.31. The Kier molecular flexibility index (Phi) is 6.63. The number of carbonyl (C=O) groups is 1. The Labute approximate surface area is 200 Å². The molecule has 5 nitrogen and oxygen atoms in total. The molecule has 5 rings (SSSR count). The Hall–Kier alpha value is -3.57. The molecule has 1 saturated heterocycles. The number of nitrogens with zero attached hydrogens (tertiary/aromatic N) is 3. The van der Waals surface area contributed by atoms with Crippen molar-refractivity contribution >= 4 is 17.7 Å². The number of carbonyl (C=O) groups excluding carboxylic acids is 1. The summed E-state index contributed by atoms with van der Waals surface area (Å²) in [6, 6.07) is 14.5. The van der Waals surface area contributed by atoms with Gasteiger partial charge in [-0.3, -0.25) is 14.8 Å². The van der Waals surface area contributed by atoms with Gasteiger partial charge in [0.05, 0.1) is 11.8 Å². The third kappa shape index (κ3) is 4.70. The van der Waals surface area contributed by atoms with E-state index in [1.807, 2.05) is 54.5 Å². The molecule has 1 aromatic carbocycles. The van der Waals surface area contributed by atoms with Gasteiger partial charge in [0.15, 0.2) is 0 Å². The number of hydrogen-bond acceptors (Lipinski definition) is 4. The van der Waals surface area contributed by atoms with E-state index in [0.717, 1.165) is 24.1 Å². The van der Waals surface area contributed by atoms with Crippen LogP contribution in [0.2, 0.25) is 0 Å². The highest BCUT2D eigenvalue weighted by atomic mass is 16.5. The van der Waals surface area contributed by atoms with Gasteiger partial charge in [-0.1, -0.05) is 60.2 Å². The number of ether oxygens (including phenoxy) is 1. The number of hydrogen-bond donors (Lipinski definition) is 0. The van der Waals surface area contributed by atoms with Crippen LogP contribution in [0.5, 0.6) is 0 Å². The van der Waals surface area contributed by atoms with Crippen LogP contribution < -0.4 is 0 Å². The molecule has 0 radical (unpaired) electrons. The minimum atomic E-state index is -0.509. The molecule has 2 aliphatic heterocycles. The van der Waals surface area contributed by atoms with E-state index in [0.29, 0.717) is 13.1 Å². The predicted octanol–water partition coefficient (Wildman–Crippen LogP) is 4.99. The first kappa shape index (κ1) is 22.2. The number of likely N-dealkylation sites (tertiary alicyclic amines) is 1. The lowest BCUT2D eigenvalue weighted by molar-refractivity contribution is -0.146. The van der Waals surface area contributed by atoms with Crippen LogP contribution in [0.25, 0.3) is 5.57 Å². The van der Waals surface area contributed by atoms with Crippen LogP contribution in [0, 0.1) is 5.92 Å². The van der Waals surface area contributed by atoms with E-state index in [4.69, 9.17) is 4.74 Å². The van der Waals surface area contributed by atoms with Crippen molar-refractivity contribution in [2.24, 2.45) is 10.9 Å². The van der Waals surface area contributed by atoms with Gasteiger partial charge >= 0.3 is 0 Å². The maximum absolute atomic E-state index is 13.2. The fraction of sp³-hybridized carbons (Fsp3) is 0.276. The smallest absolute Gasteiger partial charge is 0.251 e. The number of aliphatic imine (C=N–C) groups is 1. The van der Waals surface area contributed by atoms with E-state index in [1.165, 1.54) is 16.7 Å². The molecular formula is C29H29N3O2. The fourth-order valence-electron chi connectivity index (χ4n) is 4.92. The molecule has 3 atom stereocenters. The van der Waals surface area contributed by atoms with Crippen LogP contribution >= 0.6 is 0 Å². The monoisotopic (exact) mass is 451 g/mol. The first-order valence-electron chi connectivity index (χ1n) is 11.9. The van der Waals surface area contributed by atoms with Gasteiger partial charge in [0.25, 0.3) is 5.91 Å². The lowest BCUT2D eigenvalue weighted by Gasteiger charge is -2.34. The average molecular weight is 452 g/mol. The third-order valence-corrected chi connectivity index (χ3v) is 6.65. The van der Waals surface area contributed by atoms with Crippen molar-refractivity contribution in [2.75, 3.05) is 13.1 Å². The maximum Gasteiger partial charge on any atom is 0.251 e. The minimum Gasteiger partial charge on any atom is -0.360 e. The number of pyridine rings is 1. The molecule has 172 valence electrons. The zero-order valence-corrected chi connectivity index (χ0v) is 19.4. The molecule has 3 heterocycles. The predicted molar refractivity (Wildman–Crippen MR) is 135 cm³/mol. The van der Waals surface area contributed by atoms with Crippen molar-refractivity contribution in [2.45, 2.75) is 32.0 Å². The second kappa shape index (κ2) is 10.1. The van der Waals surface area contributed by atoms with Gasteiger partial charge in [-0.25, -0.2) is 0 Å². The summed E-state index contributed by atoms with van der Waals surface area (Å²) in [7, 11) is 0. The van der Waals surface area contributed by atoms with E-state index in [2.05, 4.69) is 46.4 Å². The standard InChI is InChI=1S/C29H29N3O2/c1-21(34-27-13-5-12-26-25(27)11-7-17-31-26)29(33)32-18-14-23(15-19-32)28(22-8-3-2-4-9-22)24-10-6-16-30-20-24/h2-13,16-17,20-21,25,27H,14-15,18-19H2,1H3. The first-order valence-corrected chi connectivity index (χ1v) is 11.9. The Bertz CT molecular complexity index is 1130. The van der Waals surface area contributed by atoms with Crippen molar-refractivity contribution in [1.82, 2.24) is 9.88 Å². The van der Waals surface area contributed by atoms with Gasteiger partial charge in [-0.05, 0) is 49.1 Å². The molecule has 0 saturated carbocycles. The summed E-state index contributed by atoms with van der Waals surface area (Å²) in [4.78, 5) is 23.9. The van der Waals surface area contributed by atoms with Crippen molar-refractivity contribution in [3.63, 3.8) is 0 Å². The van der Waals surface area contributed by atoms with Gasteiger partial charge in [-0.15, -0.1) is 0 Å². The molecule has 5 heteroatoms. The SMILES string of the molecule is CC(OC1C=CC=C2N=CC=CC21)C(=O)N1CCC(=C(c2ccccc2)c2cccnc2)CC1. The van der Waals surface area contributed by atoms with E-state index in [1.54, 1.807) is 12.4 Å². The molecule has 1 aliphatic carbocycles. The summed E-state index contributed by atoms with van der Waals surface area (Å²) in [5.74, 6) is 0.114. The van der Waals surface area contributed by atoms with E-state index < -0.39 is 6.10 Å². The van der Waals surface area contributed by atoms with Gasteiger partial charge in [-0.2, -0.15) is 0 Å². The molecule has 3 aliphatic rings. The topological polar surface area (TPSA) is 54.8 Å². The lowest BCUT2D eigenvalue weighted by atomic mass is 9.89. The summed E-state index contributed by atoms with van der Waals surface area (Å²) in [6.07, 6.45) is 16.5. The summed E-state index contributed by atoms with van der Waals surface area (Å²) in [5, 5.41) is 0. The molecule has 0 N–H and O–H groups in total. The second-order valence-corrected chi connectivity index (χ2v) is 8.82. The van der Waals surface area contributed by atoms with E-state index in [-0.39, 0.29) is 17.9 Å². The summed E-state index contributed by atoms with van der Waals surface area (Å²) in [6.45, 7) is 3.25. The van der Waals surface area contributed by atoms with Crippen molar-refractivity contribution in [3.8, 4) is 0 Å². The van der Waals surface area contributed by atoms with Gasteiger partial charge in [0.1, 0.15) is 6.10 Å². The lowest BCUT2D eigenvalue weighted by Crippen LogP contribution is -2.44. The molecule has 1 amide bonds. The molecule has 1 aromatic heterocycles. The molecule has 34 heavy (non-hydrogen) atoms. The van der Waals surface area contributed by atoms with Gasteiger partial charge < -0.3 is 9.64 Å². The fourth-order valence-corrected chi connectivity index (χ4v) is 4.92. The molecule has 2 aromatic rings. The molecule has 0 bridgehead atoms. The van der Waals surface area contributed by atoms with E-state index >= 15 is 0 Å². The Morgan fingerprint density at radius 1 is 1.03 bits per heavy atom. The van der Waals surface area contributed by atoms with Crippen molar-refractivity contribution < 1.29 is 9.53 Å². The maximum atomic E-state index is 13.2. The number of piperidine rings is 1. The summed E-state index contributed by atoms with van der Waals surface area (Å²) >= 11 is 0. The van der Waals surface area contributed by atoms with E-state index in [9.17, 15) is 4.79 Å². The largest absolute Gasteiger partial charge is 0.360 e. The number of rotatable bonds is 5. The number of fused-ring (bicyclic) bond motifs is 1. The molecule has 0 spiro atoms. The van der Waals surface area contributed by atoms with Crippen LogP contribution in [-0.4, -0.2) is 47.3 Å². The highest BCUT2D eigenvalue weighted by molar-refractivity contribution is 5.83. The number of allylic oxidation sites excluding steroid dienone is 3. The van der Waals surface area contributed by atoms with Crippen molar-refractivity contribution in [3.05, 3.63) is 108 Å². The van der Waals surface area contributed by atoms with Crippen LogP contribution in [0.1, 0.15) is 30.9 Å².